The lowest BCUT2D eigenvalue weighted by atomic mass is 10.1. The van der Waals surface area contributed by atoms with Gasteiger partial charge in [0.15, 0.2) is 9.84 Å². The van der Waals surface area contributed by atoms with Crippen molar-refractivity contribution in [2.45, 2.75) is 11.3 Å². The van der Waals surface area contributed by atoms with Crippen molar-refractivity contribution in [2.24, 2.45) is 11.1 Å². The van der Waals surface area contributed by atoms with Gasteiger partial charge in [-0.05, 0) is 30.5 Å². The summed E-state index contributed by atoms with van der Waals surface area (Å²) < 4.78 is 45.3. The van der Waals surface area contributed by atoms with E-state index in [0.717, 1.165) is 0 Å². The third kappa shape index (κ3) is 3.84. The minimum absolute atomic E-state index is 0.0272. The van der Waals surface area contributed by atoms with Gasteiger partial charge in [0.2, 0.25) is 10.0 Å². The van der Waals surface area contributed by atoms with Gasteiger partial charge in [-0.2, -0.15) is 0 Å². The minimum Gasteiger partial charge on any atom is -0.399 e. The van der Waals surface area contributed by atoms with E-state index in [1.807, 2.05) is 0 Å². The van der Waals surface area contributed by atoms with Crippen molar-refractivity contribution in [3.05, 3.63) is 18.2 Å². The average Bonchev–Trinajstić information content (AvgIpc) is 2.64. The number of nitrogens with two attached hydrogens (primary N) is 2. The lowest BCUT2D eigenvalue weighted by Gasteiger charge is -2.12. The molecule has 0 aromatic heterocycles. The summed E-state index contributed by atoms with van der Waals surface area (Å²) in [7, 11) is -6.74. The monoisotopic (exact) mass is 319 g/mol. The van der Waals surface area contributed by atoms with Crippen LogP contribution in [0.15, 0.2) is 23.1 Å². The first-order chi connectivity index (χ1) is 9.16. The molecule has 1 heterocycles. The van der Waals surface area contributed by atoms with Crippen molar-refractivity contribution in [2.75, 3.05) is 29.1 Å². The van der Waals surface area contributed by atoms with Gasteiger partial charge in [0, 0.05) is 17.9 Å². The van der Waals surface area contributed by atoms with Crippen LogP contribution in [0.1, 0.15) is 6.42 Å². The molecule has 0 aliphatic carbocycles. The molecule has 0 spiro atoms. The Morgan fingerprint density at radius 1 is 1.30 bits per heavy atom. The Bertz CT molecular complexity index is 713. The summed E-state index contributed by atoms with van der Waals surface area (Å²) in [5, 5.41) is 8.07. The normalized spacial score (nSPS) is 21.8. The topological polar surface area (TPSA) is 132 Å². The summed E-state index contributed by atoms with van der Waals surface area (Å²) in [5.74, 6) is 0.391. The molecule has 1 fully saturated rings. The first-order valence-corrected chi connectivity index (χ1v) is 9.40. The maximum atomic E-state index is 11.3. The molecule has 20 heavy (non-hydrogen) atoms. The molecule has 1 unspecified atom stereocenters. The number of rotatable bonds is 4. The molecule has 0 saturated carbocycles. The quantitative estimate of drug-likeness (QED) is 0.656. The Hall–Kier alpha value is -1.32. The molecule has 1 atom stereocenters. The zero-order chi connectivity index (χ0) is 15.0. The van der Waals surface area contributed by atoms with Gasteiger partial charge in [-0.1, -0.05) is 0 Å². The summed E-state index contributed by atoms with van der Waals surface area (Å²) in [5.41, 5.74) is 6.42. The molecule has 7 nitrogen and oxygen atoms in total. The van der Waals surface area contributed by atoms with E-state index in [-0.39, 0.29) is 28.0 Å². The fourth-order valence-corrected chi connectivity index (χ4v) is 4.64. The second kappa shape index (κ2) is 5.23. The van der Waals surface area contributed by atoms with Gasteiger partial charge in [0.25, 0.3) is 0 Å². The molecule has 0 radical (unpaired) electrons. The van der Waals surface area contributed by atoms with Crippen LogP contribution in [-0.4, -0.2) is 34.9 Å². The molecule has 0 amide bonds. The van der Waals surface area contributed by atoms with Crippen LogP contribution in [0.5, 0.6) is 0 Å². The Morgan fingerprint density at radius 3 is 2.55 bits per heavy atom. The van der Waals surface area contributed by atoms with E-state index in [1.54, 1.807) is 6.07 Å². The molecule has 9 heteroatoms. The second-order valence-electron chi connectivity index (χ2n) is 4.99. The van der Waals surface area contributed by atoms with Crippen molar-refractivity contribution in [3.63, 3.8) is 0 Å². The van der Waals surface area contributed by atoms with Gasteiger partial charge in [0.1, 0.15) is 0 Å². The standard InChI is InChI=1S/C11H17N3O4S2/c12-9-3-10(5-11(4-9)20(13,17)18)14-6-8-1-2-19(15,16)7-8/h3-5,8,14H,1-2,6-7,12H2,(H2,13,17,18). The molecule has 2 rings (SSSR count). The lowest BCUT2D eigenvalue weighted by Crippen LogP contribution is -2.17. The fraction of sp³-hybridized carbons (Fsp3) is 0.455. The van der Waals surface area contributed by atoms with Crippen LogP contribution in [0.3, 0.4) is 0 Å². The van der Waals surface area contributed by atoms with Crippen molar-refractivity contribution in [1.82, 2.24) is 0 Å². The van der Waals surface area contributed by atoms with Gasteiger partial charge in [-0.15, -0.1) is 0 Å². The maximum absolute atomic E-state index is 11.3. The number of nitrogen functional groups attached to an aromatic ring is 1. The van der Waals surface area contributed by atoms with Crippen LogP contribution in [0.25, 0.3) is 0 Å². The third-order valence-electron chi connectivity index (χ3n) is 3.18. The zero-order valence-corrected chi connectivity index (χ0v) is 12.4. The Kier molecular flexibility index (Phi) is 3.94. The predicted octanol–water partition coefficient (Wildman–Crippen LogP) is -0.237. The van der Waals surface area contributed by atoms with Crippen molar-refractivity contribution in [3.8, 4) is 0 Å². The summed E-state index contributed by atoms with van der Waals surface area (Å²) >= 11 is 0. The average molecular weight is 319 g/mol. The Morgan fingerprint density at radius 2 is 2.00 bits per heavy atom. The van der Waals surface area contributed by atoms with Crippen molar-refractivity contribution in [1.29, 1.82) is 0 Å². The molecule has 0 bridgehead atoms. The van der Waals surface area contributed by atoms with E-state index in [1.165, 1.54) is 12.1 Å². The summed E-state index contributed by atoms with van der Waals surface area (Å²) in [4.78, 5) is -0.0703. The molecule has 1 aliphatic rings. The number of hydrogen-bond donors (Lipinski definition) is 3. The fourth-order valence-electron chi connectivity index (χ4n) is 2.18. The smallest absolute Gasteiger partial charge is 0.238 e. The van der Waals surface area contributed by atoms with Gasteiger partial charge in [0.05, 0.1) is 16.4 Å². The van der Waals surface area contributed by atoms with Crippen LogP contribution in [-0.2, 0) is 19.9 Å². The number of sulfone groups is 1. The maximum Gasteiger partial charge on any atom is 0.238 e. The number of sulfonamides is 1. The second-order valence-corrected chi connectivity index (χ2v) is 8.78. The Balaban J connectivity index is 2.09. The molecule has 1 aliphatic heterocycles. The predicted molar refractivity (Wildman–Crippen MR) is 77.5 cm³/mol. The number of benzene rings is 1. The number of primary sulfonamides is 1. The SMILES string of the molecule is Nc1cc(NCC2CCS(=O)(=O)C2)cc(S(N)(=O)=O)c1. The highest BCUT2D eigenvalue weighted by Gasteiger charge is 2.27. The summed E-state index contributed by atoms with van der Waals surface area (Å²) in [6.07, 6.45) is 0.611. The molecule has 1 aromatic carbocycles. The van der Waals surface area contributed by atoms with Gasteiger partial charge < -0.3 is 11.1 Å². The van der Waals surface area contributed by atoms with E-state index < -0.39 is 19.9 Å². The first-order valence-electron chi connectivity index (χ1n) is 6.03. The third-order valence-corrected chi connectivity index (χ3v) is 5.91. The van der Waals surface area contributed by atoms with Crippen LogP contribution < -0.4 is 16.2 Å². The molecule has 112 valence electrons. The molecular weight excluding hydrogens is 302 g/mol. The largest absolute Gasteiger partial charge is 0.399 e. The first kappa shape index (κ1) is 15.1. The summed E-state index contributed by atoms with van der Waals surface area (Å²) in [6.45, 7) is 0.451. The van der Waals surface area contributed by atoms with Crippen LogP contribution >= 0.6 is 0 Å². The molecule has 1 saturated heterocycles. The summed E-state index contributed by atoms with van der Waals surface area (Å²) in [6, 6.07) is 4.24. The van der Waals surface area contributed by atoms with E-state index in [9.17, 15) is 16.8 Å². The minimum atomic E-state index is -3.82. The van der Waals surface area contributed by atoms with Gasteiger partial charge in [-0.25, -0.2) is 22.0 Å². The lowest BCUT2D eigenvalue weighted by molar-refractivity contribution is 0.595. The van der Waals surface area contributed by atoms with E-state index >= 15 is 0 Å². The Labute approximate surface area is 118 Å². The molecule has 5 N–H and O–H groups in total. The van der Waals surface area contributed by atoms with Crippen LogP contribution in [0.4, 0.5) is 11.4 Å². The number of nitrogens with one attached hydrogen (secondary N) is 1. The van der Waals surface area contributed by atoms with E-state index in [2.05, 4.69) is 5.32 Å². The molecule has 1 aromatic rings. The highest BCUT2D eigenvalue weighted by molar-refractivity contribution is 7.91. The van der Waals surface area contributed by atoms with Crippen molar-refractivity contribution >= 4 is 31.2 Å². The van der Waals surface area contributed by atoms with E-state index in [0.29, 0.717) is 18.7 Å². The number of anilines is 2. The van der Waals surface area contributed by atoms with Crippen LogP contribution in [0.2, 0.25) is 0 Å². The zero-order valence-electron chi connectivity index (χ0n) is 10.7. The highest BCUT2D eigenvalue weighted by atomic mass is 32.2. The van der Waals surface area contributed by atoms with Gasteiger partial charge >= 0.3 is 0 Å². The van der Waals surface area contributed by atoms with Crippen molar-refractivity contribution < 1.29 is 16.8 Å². The number of hydrogen-bond acceptors (Lipinski definition) is 6. The van der Waals surface area contributed by atoms with Gasteiger partial charge in [-0.3, -0.25) is 0 Å². The van der Waals surface area contributed by atoms with E-state index in [4.69, 9.17) is 10.9 Å². The van der Waals surface area contributed by atoms with Crippen LogP contribution in [0, 0.1) is 5.92 Å². The highest BCUT2D eigenvalue weighted by Crippen LogP contribution is 2.22. The molecular formula is C11H17N3O4S2.